The highest BCUT2D eigenvalue weighted by Gasteiger charge is 2.46. The molecule has 2 atom stereocenters. The van der Waals surface area contributed by atoms with E-state index in [0.29, 0.717) is 0 Å². The Morgan fingerprint density at radius 2 is 1.81 bits per heavy atom. The Morgan fingerprint density at radius 1 is 1.19 bits per heavy atom. The molecule has 16 heavy (non-hydrogen) atoms. The number of rotatable bonds is 2. The fourth-order valence-corrected chi connectivity index (χ4v) is 1.78. The summed E-state index contributed by atoms with van der Waals surface area (Å²) in [5.41, 5.74) is 0.735. The van der Waals surface area contributed by atoms with Gasteiger partial charge in [0.15, 0.2) is 6.10 Å². The van der Waals surface area contributed by atoms with Gasteiger partial charge in [0.2, 0.25) is 0 Å². The van der Waals surface area contributed by atoms with Crippen LogP contribution in [0.5, 0.6) is 0 Å². The third-order valence-electron chi connectivity index (χ3n) is 2.63. The minimum absolute atomic E-state index is 0.0480. The van der Waals surface area contributed by atoms with Gasteiger partial charge in [-0.2, -0.15) is 0 Å². The first-order chi connectivity index (χ1) is 7.48. The van der Waals surface area contributed by atoms with Crippen molar-refractivity contribution in [2.45, 2.75) is 24.4 Å². The minimum Gasteiger partial charge on any atom is -0.453 e. The van der Waals surface area contributed by atoms with Crippen LogP contribution in [-0.4, -0.2) is 33.4 Å². The van der Waals surface area contributed by atoms with Crippen molar-refractivity contribution in [2.75, 3.05) is 0 Å². The van der Waals surface area contributed by atoms with Gasteiger partial charge in [-0.25, -0.2) is 0 Å². The van der Waals surface area contributed by atoms with Crippen LogP contribution < -0.4 is 0 Å². The molecule has 1 saturated heterocycles. The van der Waals surface area contributed by atoms with Crippen LogP contribution in [0.1, 0.15) is 17.9 Å². The van der Waals surface area contributed by atoms with Crippen molar-refractivity contribution in [3.8, 4) is 0 Å². The smallest absolute Gasteiger partial charge is 0.314 e. The lowest BCUT2D eigenvalue weighted by Crippen LogP contribution is -2.41. The maximum absolute atomic E-state index is 11.5. The zero-order valence-electron chi connectivity index (χ0n) is 8.41. The third-order valence-corrected chi connectivity index (χ3v) is 2.63. The molecule has 1 aromatic rings. The molecule has 5 nitrogen and oxygen atoms in total. The van der Waals surface area contributed by atoms with Crippen LogP contribution in [0.25, 0.3) is 0 Å². The zero-order valence-corrected chi connectivity index (χ0v) is 8.41. The van der Waals surface area contributed by atoms with Gasteiger partial charge in [-0.1, -0.05) is 30.3 Å². The second-order valence-corrected chi connectivity index (χ2v) is 3.81. The van der Waals surface area contributed by atoms with Crippen LogP contribution in [0.3, 0.4) is 0 Å². The first-order valence-corrected chi connectivity index (χ1v) is 4.91. The molecule has 0 aromatic heterocycles. The zero-order chi connectivity index (χ0) is 11.8. The molecular weight excluding hydrogens is 212 g/mol. The van der Waals surface area contributed by atoms with Gasteiger partial charge in [0.25, 0.3) is 0 Å². The van der Waals surface area contributed by atoms with Crippen LogP contribution >= 0.6 is 0 Å². The number of hydrogen-bond donors (Lipinski definition) is 3. The minimum atomic E-state index is -2.97. The summed E-state index contributed by atoms with van der Waals surface area (Å²) in [6.45, 7) is 0. The van der Waals surface area contributed by atoms with Crippen molar-refractivity contribution < 1.29 is 24.9 Å². The molecule has 0 amide bonds. The first kappa shape index (κ1) is 11.1. The molecule has 2 rings (SSSR count). The monoisotopic (exact) mass is 224 g/mol. The predicted molar refractivity (Wildman–Crippen MR) is 53.1 cm³/mol. The van der Waals surface area contributed by atoms with E-state index in [0.717, 1.165) is 5.56 Å². The number of hydrogen-bond acceptors (Lipinski definition) is 5. The quantitative estimate of drug-likeness (QED) is 0.475. The number of cyclic esters (lactones) is 1. The van der Waals surface area contributed by atoms with Crippen molar-refractivity contribution in [2.24, 2.45) is 0 Å². The van der Waals surface area contributed by atoms with Crippen molar-refractivity contribution >= 4 is 5.97 Å². The topological polar surface area (TPSA) is 87.0 Å². The Morgan fingerprint density at radius 3 is 2.31 bits per heavy atom. The summed E-state index contributed by atoms with van der Waals surface area (Å²) >= 11 is 0. The fourth-order valence-electron chi connectivity index (χ4n) is 1.78. The molecule has 0 saturated carbocycles. The van der Waals surface area contributed by atoms with E-state index in [2.05, 4.69) is 0 Å². The van der Waals surface area contributed by atoms with Gasteiger partial charge in [-0.05, 0) is 5.56 Å². The Balaban J connectivity index is 2.18. The lowest BCUT2D eigenvalue weighted by atomic mass is 9.95. The molecule has 0 bridgehead atoms. The van der Waals surface area contributed by atoms with Gasteiger partial charge in [-0.15, -0.1) is 0 Å². The molecule has 86 valence electrons. The fraction of sp³-hybridized carbons (Fsp3) is 0.364. The van der Waals surface area contributed by atoms with Crippen LogP contribution in [0.2, 0.25) is 0 Å². The van der Waals surface area contributed by atoms with Gasteiger partial charge in [0.05, 0.1) is 5.92 Å². The van der Waals surface area contributed by atoms with E-state index in [-0.39, 0.29) is 6.42 Å². The van der Waals surface area contributed by atoms with E-state index in [9.17, 15) is 4.79 Å². The van der Waals surface area contributed by atoms with Crippen molar-refractivity contribution in [1.82, 2.24) is 0 Å². The molecule has 0 radical (unpaired) electrons. The summed E-state index contributed by atoms with van der Waals surface area (Å²) in [6.07, 6.45) is -1.25. The van der Waals surface area contributed by atoms with Gasteiger partial charge in [0, 0.05) is 6.42 Å². The molecule has 1 aliphatic rings. The normalized spacial score (nSPS) is 25.6. The number of esters is 1. The van der Waals surface area contributed by atoms with Gasteiger partial charge in [-0.3, -0.25) is 4.79 Å². The second kappa shape index (κ2) is 3.86. The predicted octanol–water partition coefficient (Wildman–Crippen LogP) is -0.284. The lowest BCUT2D eigenvalue weighted by molar-refractivity contribution is -0.351. The van der Waals surface area contributed by atoms with Crippen molar-refractivity contribution in [1.29, 1.82) is 0 Å². The molecule has 1 aliphatic heterocycles. The summed E-state index contributed by atoms with van der Waals surface area (Å²) in [4.78, 5) is 11.5. The Hall–Kier alpha value is -1.43. The maximum atomic E-state index is 11.5. The Bertz CT molecular complexity index is 381. The number of benzene rings is 1. The summed E-state index contributed by atoms with van der Waals surface area (Å²) in [6, 6.07) is 8.87. The number of carbonyl (C=O) groups excluding carboxylic acids is 1. The largest absolute Gasteiger partial charge is 0.453 e. The average Bonchev–Trinajstić information content (AvgIpc) is 2.61. The molecule has 1 fully saturated rings. The summed E-state index contributed by atoms with van der Waals surface area (Å²) in [7, 11) is 0. The summed E-state index contributed by atoms with van der Waals surface area (Å²) < 4.78 is 4.70. The molecule has 0 spiro atoms. The molecule has 5 heteroatoms. The van der Waals surface area contributed by atoms with Crippen molar-refractivity contribution in [3.05, 3.63) is 35.9 Å². The van der Waals surface area contributed by atoms with E-state index >= 15 is 0 Å². The van der Waals surface area contributed by atoms with Gasteiger partial charge >= 0.3 is 11.9 Å². The van der Waals surface area contributed by atoms with Crippen LogP contribution in [0.15, 0.2) is 30.3 Å². The number of aliphatic hydroxyl groups is 3. The molecule has 3 N–H and O–H groups in total. The molecule has 2 unspecified atom stereocenters. The van der Waals surface area contributed by atoms with E-state index in [1.54, 1.807) is 24.3 Å². The SMILES string of the molecule is O=C1OC(C(O)(O)O)CC1c1ccccc1. The highest BCUT2D eigenvalue weighted by Crippen LogP contribution is 2.33. The highest BCUT2D eigenvalue weighted by molar-refractivity contribution is 5.80. The summed E-state index contributed by atoms with van der Waals surface area (Å²) in [5.74, 6) is -4.09. The van der Waals surface area contributed by atoms with Crippen LogP contribution in [0, 0.1) is 0 Å². The van der Waals surface area contributed by atoms with Crippen LogP contribution in [-0.2, 0) is 9.53 Å². The molecular formula is C11H12O5. The Labute approximate surface area is 91.9 Å². The molecule has 1 aromatic carbocycles. The second-order valence-electron chi connectivity index (χ2n) is 3.81. The average molecular weight is 224 g/mol. The van der Waals surface area contributed by atoms with Gasteiger partial charge < -0.3 is 20.1 Å². The third kappa shape index (κ3) is 2.06. The van der Waals surface area contributed by atoms with E-state index in [1.807, 2.05) is 6.07 Å². The van der Waals surface area contributed by atoms with Crippen LogP contribution in [0.4, 0.5) is 0 Å². The van der Waals surface area contributed by atoms with E-state index in [4.69, 9.17) is 20.1 Å². The molecule has 0 aliphatic carbocycles. The van der Waals surface area contributed by atoms with Crippen molar-refractivity contribution in [3.63, 3.8) is 0 Å². The lowest BCUT2D eigenvalue weighted by Gasteiger charge is -2.19. The standard InChI is InChI=1S/C11H12O5/c12-10-8(7-4-2-1-3-5-7)6-9(16-10)11(13,14)15/h1-5,8-9,13-15H,6H2. The Kier molecular flexibility index (Phi) is 2.67. The number of ether oxygens (including phenoxy) is 1. The van der Waals surface area contributed by atoms with Gasteiger partial charge in [0.1, 0.15) is 0 Å². The maximum Gasteiger partial charge on any atom is 0.314 e. The van der Waals surface area contributed by atoms with E-state index in [1.165, 1.54) is 0 Å². The highest BCUT2D eigenvalue weighted by atomic mass is 16.7. The molecule has 1 heterocycles. The summed E-state index contributed by atoms with van der Waals surface area (Å²) in [5, 5.41) is 26.8. The number of carbonyl (C=O) groups is 1. The first-order valence-electron chi connectivity index (χ1n) is 4.91. The van der Waals surface area contributed by atoms with E-state index < -0.39 is 24.0 Å².